The quantitative estimate of drug-likeness (QED) is 0.415. The van der Waals surface area contributed by atoms with Gasteiger partial charge in [-0.3, -0.25) is 0 Å². The van der Waals surface area contributed by atoms with Crippen LogP contribution < -0.4 is 4.74 Å². The van der Waals surface area contributed by atoms with Gasteiger partial charge in [-0.2, -0.15) is 0 Å². The van der Waals surface area contributed by atoms with Crippen LogP contribution in [0.3, 0.4) is 0 Å². The van der Waals surface area contributed by atoms with Crippen molar-refractivity contribution in [3.63, 3.8) is 0 Å². The van der Waals surface area contributed by atoms with Gasteiger partial charge in [0.2, 0.25) is 0 Å². The van der Waals surface area contributed by atoms with Crippen LogP contribution in [0.15, 0.2) is 23.3 Å². The predicted octanol–water partition coefficient (Wildman–Crippen LogP) is 3.21. The Morgan fingerprint density at radius 1 is 1.57 bits per heavy atom. The third kappa shape index (κ3) is 2.14. The molecule has 0 radical (unpaired) electrons. The summed E-state index contributed by atoms with van der Waals surface area (Å²) in [5.74, 6) is -0.271. The molecule has 0 aromatic heterocycles. The van der Waals surface area contributed by atoms with E-state index in [-0.39, 0.29) is 11.8 Å². The highest BCUT2D eigenvalue weighted by atomic mass is 19.1. The van der Waals surface area contributed by atoms with E-state index in [0.717, 1.165) is 0 Å². The molecule has 1 aromatic carbocycles. The molecule has 0 saturated carbocycles. The van der Waals surface area contributed by atoms with Crippen LogP contribution in [0.1, 0.15) is 18.5 Å². The molecule has 1 atom stereocenters. The van der Waals surface area contributed by atoms with Gasteiger partial charge in [0.05, 0.1) is 13.2 Å². The molecule has 4 nitrogen and oxygen atoms in total. The molecule has 5 heteroatoms. The number of azide groups is 1. The van der Waals surface area contributed by atoms with E-state index in [0.29, 0.717) is 5.56 Å². The third-order valence-electron chi connectivity index (χ3n) is 1.88. The van der Waals surface area contributed by atoms with Gasteiger partial charge in [0.15, 0.2) is 11.6 Å². The van der Waals surface area contributed by atoms with Gasteiger partial charge in [0.25, 0.3) is 0 Å². The zero-order valence-corrected chi connectivity index (χ0v) is 7.94. The average molecular weight is 195 g/mol. The van der Waals surface area contributed by atoms with Crippen LogP contribution in [0.5, 0.6) is 5.75 Å². The van der Waals surface area contributed by atoms with Crippen molar-refractivity contribution in [2.24, 2.45) is 5.11 Å². The highest BCUT2D eigenvalue weighted by Crippen LogP contribution is 2.23. The molecule has 0 spiro atoms. The second-order valence-electron chi connectivity index (χ2n) is 2.77. The van der Waals surface area contributed by atoms with E-state index in [1.165, 1.54) is 19.2 Å². The lowest BCUT2D eigenvalue weighted by molar-refractivity contribution is 0.386. The molecule has 0 aliphatic heterocycles. The van der Waals surface area contributed by atoms with E-state index >= 15 is 0 Å². The van der Waals surface area contributed by atoms with Crippen molar-refractivity contribution in [1.82, 2.24) is 0 Å². The molecular weight excluding hydrogens is 185 g/mol. The van der Waals surface area contributed by atoms with Crippen molar-refractivity contribution >= 4 is 0 Å². The number of hydrogen-bond acceptors (Lipinski definition) is 2. The summed E-state index contributed by atoms with van der Waals surface area (Å²) in [6.07, 6.45) is 0. The van der Waals surface area contributed by atoms with Crippen LogP contribution in [0, 0.1) is 5.82 Å². The molecule has 1 aromatic rings. The van der Waals surface area contributed by atoms with Crippen molar-refractivity contribution in [2.45, 2.75) is 13.0 Å². The largest absolute Gasteiger partial charge is 0.494 e. The zero-order valence-electron chi connectivity index (χ0n) is 7.94. The number of benzene rings is 1. The molecule has 1 rings (SSSR count). The normalized spacial score (nSPS) is 11.6. The van der Waals surface area contributed by atoms with Crippen LogP contribution in [-0.2, 0) is 0 Å². The smallest absolute Gasteiger partial charge is 0.165 e. The summed E-state index contributed by atoms with van der Waals surface area (Å²) in [5.41, 5.74) is 8.83. The zero-order chi connectivity index (χ0) is 10.6. The molecule has 14 heavy (non-hydrogen) atoms. The van der Waals surface area contributed by atoms with Gasteiger partial charge >= 0.3 is 0 Å². The molecule has 0 unspecified atom stereocenters. The third-order valence-corrected chi connectivity index (χ3v) is 1.88. The van der Waals surface area contributed by atoms with E-state index in [4.69, 9.17) is 10.3 Å². The molecule has 0 aliphatic carbocycles. The fourth-order valence-electron chi connectivity index (χ4n) is 1.09. The maximum Gasteiger partial charge on any atom is 0.165 e. The number of methoxy groups -OCH3 is 1. The summed E-state index contributed by atoms with van der Waals surface area (Å²) >= 11 is 0. The Hall–Kier alpha value is -1.74. The summed E-state index contributed by atoms with van der Waals surface area (Å²) in [4.78, 5) is 2.66. The van der Waals surface area contributed by atoms with Crippen LogP contribution in [-0.4, -0.2) is 7.11 Å². The fraction of sp³-hybridized carbons (Fsp3) is 0.333. The molecule has 0 saturated heterocycles. The van der Waals surface area contributed by atoms with E-state index < -0.39 is 5.82 Å². The maximum atomic E-state index is 13.2. The standard InChI is InChI=1S/C9H10FN3O/c1-6(12-13-11)7-3-4-9(14-2)8(10)5-7/h3-6H,1-2H3/t6-/m0/s1. The lowest BCUT2D eigenvalue weighted by atomic mass is 10.1. The van der Waals surface area contributed by atoms with Gasteiger partial charge in [-0.15, -0.1) is 0 Å². The number of ether oxygens (including phenoxy) is 1. The van der Waals surface area contributed by atoms with Crippen LogP contribution in [0.25, 0.3) is 10.4 Å². The van der Waals surface area contributed by atoms with Gasteiger partial charge in [-0.25, -0.2) is 4.39 Å². The SMILES string of the molecule is COc1ccc([C@H](C)N=[N+]=[N-])cc1F. The lowest BCUT2D eigenvalue weighted by Crippen LogP contribution is -1.93. The molecule has 0 fully saturated rings. The van der Waals surface area contributed by atoms with E-state index in [1.54, 1.807) is 13.0 Å². The van der Waals surface area contributed by atoms with Gasteiger partial charge in [0, 0.05) is 4.91 Å². The Bertz CT molecular complexity index is 374. The van der Waals surface area contributed by atoms with Crippen LogP contribution >= 0.6 is 0 Å². The van der Waals surface area contributed by atoms with Gasteiger partial charge < -0.3 is 4.74 Å². The monoisotopic (exact) mass is 195 g/mol. The van der Waals surface area contributed by atoms with Crippen LogP contribution in [0.4, 0.5) is 4.39 Å². The van der Waals surface area contributed by atoms with Crippen molar-refractivity contribution < 1.29 is 9.13 Å². The minimum Gasteiger partial charge on any atom is -0.494 e. The number of hydrogen-bond donors (Lipinski definition) is 0. The summed E-state index contributed by atoms with van der Waals surface area (Å²) in [6, 6.07) is 4.11. The Kier molecular flexibility index (Phi) is 3.31. The molecule has 0 bridgehead atoms. The van der Waals surface area contributed by atoms with Crippen molar-refractivity contribution in [3.8, 4) is 5.75 Å². The second-order valence-corrected chi connectivity index (χ2v) is 2.77. The first-order chi connectivity index (χ1) is 6.69. The number of halogens is 1. The van der Waals surface area contributed by atoms with Crippen molar-refractivity contribution in [2.75, 3.05) is 7.11 Å². The predicted molar refractivity (Wildman–Crippen MR) is 50.5 cm³/mol. The minimum absolute atomic E-state index is 0.182. The summed E-state index contributed by atoms with van der Waals surface area (Å²) in [6.45, 7) is 1.70. The van der Waals surface area contributed by atoms with Gasteiger partial charge in [-0.05, 0) is 23.2 Å². The first-order valence-electron chi connectivity index (χ1n) is 4.06. The Morgan fingerprint density at radius 2 is 2.29 bits per heavy atom. The summed E-state index contributed by atoms with van der Waals surface area (Å²) < 4.78 is 18.0. The highest BCUT2D eigenvalue weighted by molar-refractivity contribution is 5.30. The van der Waals surface area contributed by atoms with E-state index in [2.05, 4.69) is 10.0 Å². The van der Waals surface area contributed by atoms with Crippen molar-refractivity contribution in [1.29, 1.82) is 0 Å². The number of nitrogens with zero attached hydrogens (tertiary/aromatic N) is 3. The number of rotatable bonds is 3. The van der Waals surface area contributed by atoms with E-state index in [1.807, 2.05) is 0 Å². The summed E-state index contributed by atoms with van der Waals surface area (Å²) in [7, 11) is 1.40. The molecule has 0 N–H and O–H groups in total. The lowest BCUT2D eigenvalue weighted by Gasteiger charge is -2.07. The summed E-state index contributed by atoms with van der Waals surface area (Å²) in [5, 5.41) is 3.46. The van der Waals surface area contributed by atoms with Crippen LogP contribution in [0.2, 0.25) is 0 Å². The highest BCUT2D eigenvalue weighted by Gasteiger charge is 2.07. The Balaban J connectivity index is 3.01. The molecule has 0 heterocycles. The fourth-order valence-corrected chi connectivity index (χ4v) is 1.09. The molecule has 0 aliphatic rings. The maximum absolute atomic E-state index is 13.2. The topological polar surface area (TPSA) is 58.0 Å². The van der Waals surface area contributed by atoms with Crippen molar-refractivity contribution in [3.05, 3.63) is 40.0 Å². The van der Waals surface area contributed by atoms with Gasteiger partial charge in [0.1, 0.15) is 0 Å². The average Bonchev–Trinajstić information content (AvgIpc) is 2.18. The minimum atomic E-state index is -0.454. The first-order valence-corrected chi connectivity index (χ1v) is 4.06. The Morgan fingerprint density at radius 3 is 2.79 bits per heavy atom. The Labute approximate surface area is 80.9 Å². The molecular formula is C9H10FN3O. The first kappa shape index (κ1) is 10.3. The van der Waals surface area contributed by atoms with E-state index in [9.17, 15) is 4.39 Å². The second kappa shape index (κ2) is 4.48. The molecule has 0 amide bonds. The van der Waals surface area contributed by atoms with Gasteiger partial charge in [-0.1, -0.05) is 18.1 Å². The molecule has 74 valence electrons.